The average Bonchev–Trinajstić information content (AvgIpc) is 3.27. The fraction of sp³-hybridized carbons (Fsp3) is 0.577. The number of aromatic hydroxyl groups is 1. The van der Waals surface area contributed by atoms with Gasteiger partial charge in [0.25, 0.3) is 11.8 Å². The van der Waals surface area contributed by atoms with Gasteiger partial charge in [-0.2, -0.15) is 4.98 Å². The molecule has 0 atom stereocenters. The monoisotopic (exact) mass is 489 g/mol. The number of ether oxygens (including phenoxy) is 1. The van der Waals surface area contributed by atoms with Crippen LogP contribution in [0.2, 0.25) is 5.02 Å². The number of carbonyl (C=O) groups is 1. The van der Waals surface area contributed by atoms with Crippen molar-refractivity contribution in [1.82, 2.24) is 14.9 Å². The maximum absolute atomic E-state index is 13.5. The zero-order chi connectivity index (χ0) is 24.7. The summed E-state index contributed by atoms with van der Waals surface area (Å²) >= 11 is 6.30. The first kappa shape index (κ1) is 26.2. The first-order chi connectivity index (χ1) is 16.3. The molecule has 2 aromatic rings. The lowest BCUT2D eigenvalue weighted by Gasteiger charge is -2.30. The number of amides is 1. The van der Waals surface area contributed by atoms with Crippen LogP contribution in [0.4, 0.5) is 0 Å². The van der Waals surface area contributed by atoms with Crippen LogP contribution in [0.3, 0.4) is 0 Å². The Morgan fingerprint density at radius 3 is 2.62 bits per heavy atom. The summed E-state index contributed by atoms with van der Waals surface area (Å²) in [5, 5.41) is 21.0. The molecule has 1 fully saturated rings. The molecule has 2 N–H and O–H groups in total. The minimum Gasteiger partial charge on any atom is -0.491 e. The van der Waals surface area contributed by atoms with E-state index in [9.17, 15) is 15.0 Å². The summed E-state index contributed by atoms with van der Waals surface area (Å²) < 4.78 is 5.79. The number of rotatable bonds is 11. The Morgan fingerprint density at radius 2 is 2.00 bits per heavy atom. The second-order valence-electron chi connectivity index (χ2n) is 9.33. The number of aromatic nitrogens is 2. The molecule has 1 aliphatic carbocycles. The predicted molar refractivity (Wildman–Crippen MR) is 133 cm³/mol. The molecule has 1 amide bonds. The largest absolute Gasteiger partial charge is 0.491 e. The molecule has 1 saturated carbocycles. The standard InChI is InChI=1S/C26H36ClN3O4/c1-4-5-15-34-23-22(25(33)30(13-14-31)18(2)3)28-21(29-24(23)32)17-26(11-6-7-12-26)19-9-8-10-20(27)16-19/h8-10,16,18,31H,4-7,11-15,17H2,1-3H3,(H,28,29,32). The van der Waals surface area contributed by atoms with E-state index in [0.29, 0.717) is 23.9 Å². The molecule has 0 radical (unpaired) electrons. The van der Waals surface area contributed by atoms with Gasteiger partial charge >= 0.3 is 0 Å². The van der Waals surface area contributed by atoms with Gasteiger partial charge in [0.05, 0.1) is 13.2 Å². The topological polar surface area (TPSA) is 95.8 Å². The van der Waals surface area contributed by atoms with E-state index in [0.717, 1.165) is 44.1 Å². The zero-order valence-electron chi connectivity index (χ0n) is 20.4. The third-order valence-corrected chi connectivity index (χ3v) is 6.80. The molecule has 1 heterocycles. The van der Waals surface area contributed by atoms with E-state index in [2.05, 4.69) is 16.0 Å². The summed E-state index contributed by atoms with van der Waals surface area (Å²) in [5.74, 6) is -0.304. The number of unbranched alkanes of at least 4 members (excludes halogenated alkanes) is 1. The molecular weight excluding hydrogens is 454 g/mol. The summed E-state index contributed by atoms with van der Waals surface area (Å²) in [6.45, 7) is 6.13. The Morgan fingerprint density at radius 1 is 1.26 bits per heavy atom. The molecule has 7 nitrogen and oxygen atoms in total. The Balaban J connectivity index is 2.03. The van der Waals surface area contributed by atoms with Crippen molar-refractivity contribution in [3.8, 4) is 11.6 Å². The molecule has 1 aliphatic rings. The Labute approximate surface area is 207 Å². The number of hydrogen-bond acceptors (Lipinski definition) is 6. The van der Waals surface area contributed by atoms with E-state index in [1.807, 2.05) is 39.0 Å². The van der Waals surface area contributed by atoms with E-state index in [4.69, 9.17) is 16.3 Å². The van der Waals surface area contributed by atoms with Gasteiger partial charge in [0.1, 0.15) is 5.82 Å². The highest BCUT2D eigenvalue weighted by Gasteiger charge is 2.38. The van der Waals surface area contributed by atoms with E-state index < -0.39 is 5.91 Å². The SMILES string of the molecule is CCCCOc1c(O)nc(CC2(c3cccc(Cl)c3)CCCC2)nc1C(=O)N(CCO)C(C)C. The highest BCUT2D eigenvalue weighted by atomic mass is 35.5. The fourth-order valence-electron chi connectivity index (χ4n) is 4.74. The lowest BCUT2D eigenvalue weighted by molar-refractivity contribution is 0.0652. The van der Waals surface area contributed by atoms with Crippen LogP contribution in [0.15, 0.2) is 24.3 Å². The van der Waals surface area contributed by atoms with Crippen molar-refractivity contribution in [3.63, 3.8) is 0 Å². The van der Waals surface area contributed by atoms with Crippen LogP contribution in [0.1, 0.15) is 81.2 Å². The fourth-order valence-corrected chi connectivity index (χ4v) is 4.93. The third-order valence-electron chi connectivity index (χ3n) is 6.56. The van der Waals surface area contributed by atoms with Crippen LogP contribution in [0.5, 0.6) is 11.6 Å². The van der Waals surface area contributed by atoms with Crippen LogP contribution in [0.25, 0.3) is 0 Å². The number of carbonyl (C=O) groups excluding carboxylic acids is 1. The van der Waals surface area contributed by atoms with Crippen molar-refractivity contribution in [2.24, 2.45) is 0 Å². The summed E-state index contributed by atoms with van der Waals surface area (Å²) in [6.07, 6.45) is 6.25. The van der Waals surface area contributed by atoms with Crippen molar-refractivity contribution in [2.45, 2.75) is 77.2 Å². The number of nitrogens with zero attached hydrogens (tertiary/aromatic N) is 3. The molecule has 0 saturated heterocycles. The van der Waals surface area contributed by atoms with Crippen molar-refractivity contribution in [2.75, 3.05) is 19.8 Å². The van der Waals surface area contributed by atoms with Crippen molar-refractivity contribution >= 4 is 17.5 Å². The van der Waals surface area contributed by atoms with Gasteiger partial charge < -0.3 is 19.8 Å². The van der Waals surface area contributed by atoms with E-state index >= 15 is 0 Å². The first-order valence-corrected chi connectivity index (χ1v) is 12.6. The second kappa shape index (κ2) is 11.8. The van der Waals surface area contributed by atoms with Gasteiger partial charge in [0.2, 0.25) is 5.75 Å². The molecule has 1 aromatic heterocycles. The number of aliphatic hydroxyl groups excluding tert-OH is 1. The second-order valence-corrected chi connectivity index (χ2v) is 9.77. The van der Waals surface area contributed by atoms with Crippen LogP contribution in [0, 0.1) is 0 Å². The first-order valence-electron chi connectivity index (χ1n) is 12.2. The average molecular weight is 490 g/mol. The summed E-state index contributed by atoms with van der Waals surface area (Å²) in [6, 6.07) is 7.72. The minimum absolute atomic E-state index is 0.00835. The highest BCUT2D eigenvalue weighted by molar-refractivity contribution is 6.30. The van der Waals surface area contributed by atoms with Crippen LogP contribution in [-0.4, -0.2) is 56.8 Å². The van der Waals surface area contributed by atoms with E-state index in [-0.39, 0.29) is 41.9 Å². The van der Waals surface area contributed by atoms with E-state index in [1.54, 1.807) is 0 Å². The third kappa shape index (κ3) is 5.99. The molecule has 0 aliphatic heterocycles. The maximum Gasteiger partial charge on any atom is 0.276 e. The summed E-state index contributed by atoms with van der Waals surface area (Å²) in [7, 11) is 0. The molecule has 0 bridgehead atoms. The number of halogens is 1. The Hall–Kier alpha value is -2.38. The summed E-state index contributed by atoms with van der Waals surface area (Å²) in [5.41, 5.74) is 0.964. The smallest absolute Gasteiger partial charge is 0.276 e. The quantitative estimate of drug-likeness (QED) is 0.435. The molecule has 1 aromatic carbocycles. The summed E-state index contributed by atoms with van der Waals surface area (Å²) in [4.78, 5) is 24.0. The lowest BCUT2D eigenvalue weighted by atomic mass is 9.76. The Kier molecular flexibility index (Phi) is 9.14. The van der Waals surface area contributed by atoms with Gasteiger partial charge in [-0.3, -0.25) is 4.79 Å². The molecule has 186 valence electrons. The lowest BCUT2D eigenvalue weighted by Crippen LogP contribution is -2.40. The van der Waals surface area contributed by atoms with Gasteiger partial charge in [0, 0.05) is 29.4 Å². The zero-order valence-corrected chi connectivity index (χ0v) is 21.1. The molecule has 8 heteroatoms. The maximum atomic E-state index is 13.5. The Bertz CT molecular complexity index is 977. The van der Waals surface area contributed by atoms with Crippen LogP contribution < -0.4 is 4.74 Å². The predicted octanol–water partition coefficient (Wildman–Crippen LogP) is 4.91. The number of aliphatic hydroxyl groups is 1. The number of benzene rings is 1. The van der Waals surface area contributed by atoms with Gasteiger partial charge in [-0.25, -0.2) is 4.98 Å². The molecular formula is C26H36ClN3O4. The van der Waals surface area contributed by atoms with Gasteiger partial charge in [-0.1, -0.05) is 49.9 Å². The van der Waals surface area contributed by atoms with Crippen LogP contribution in [-0.2, 0) is 11.8 Å². The van der Waals surface area contributed by atoms with E-state index in [1.165, 1.54) is 4.90 Å². The van der Waals surface area contributed by atoms with Crippen molar-refractivity contribution in [3.05, 3.63) is 46.4 Å². The molecule has 0 spiro atoms. The minimum atomic E-state index is -0.391. The van der Waals surface area contributed by atoms with Gasteiger partial charge in [-0.05, 0) is 50.8 Å². The van der Waals surface area contributed by atoms with Crippen molar-refractivity contribution in [1.29, 1.82) is 0 Å². The number of hydrogen-bond donors (Lipinski definition) is 2. The van der Waals surface area contributed by atoms with Gasteiger partial charge in [0.15, 0.2) is 5.69 Å². The molecule has 3 rings (SSSR count). The highest BCUT2D eigenvalue weighted by Crippen LogP contribution is 2.44. The van der Waals surface area contributed by atoms with Crippen LogP contribution >= 0.6 is 11.6 Å². The molecule has 34 heavy (non-hydrogen) atoms. The normalized spacial score (nSPS) is 15.0. The molecule has 0 unspecified atom stereocenters. The van der Waals surface area contributed by atoms with Crippen molar-refractivity contribution < 1.29 is 19.7 Å². The van der Waals surface area contributed by atoms with Gasteiger partial charge in [-0.15, -0.1) is 0 Å².